The molecule has 2 aromatic carbocycles. The molecule has 0 saturated heterocycles. The van der Waals surface area contributed by atoms with Crippen molar-refractivity contribution in [1.82, 2.24) is 0 Å². The van der Waals surface area contributed by atoms with Gasteiger partial charge in [0.25, 0.3) is 0 Å². The van der Waals surface area contributed by atoms with E-state index in [1.54, 1.807) is 31.2 Å². The molecule has 0 bridgehead atoms. The van der Waals surface area contributed by atoms with Gasteiger partial charge >= 0.3 is 6.36 Å². The topological polar surface area (TPSA) is 61.3 Å². The van der Waals surface area contributed by atoms with Crippen LogP contribution in [0.4, 0.5) is 24.5 Å². The zero-order valence-electron chi connectivity index (χ0n) is 10.7. The van der Waals surface area contributed by atoms with E-state index in [2.05, 4.69) is 4.74 Å². The van der Waals surface area contributed by atoms with Gasteiger partial charge in [0, 0.05) is 0 Å². The molecule has 6 heteroatoms. The highest BCUT2D eigenvalue weighted by Gasteiger charge is 2.30. The number of hydrogen-bond donors (Lipinski definition) is 2. The predicted octanol–water partition coefficient (Wildman–Crippen LogP) is 3.73. The molecule has 0 amide bonds. The fourth-order valence-electron chi connectivity index (χ4n) is 1.90. The minimum atomic E-state index is -4.69. The molecule has 0 radical (unpaired) electrons. The third kappa shape index (κ3) is 2.96. The van der Waals surface area contributed by atoms with Gasteiger partial charge in [-0.05, 0) is 41.8 Å². The van der Waals surface area contributed by atoms with Gasteiger partial charge in [-0.1, -0.05) is 18.2 Å². The van der Waals surface area contributed by atoms with Crippen LogP contribution in [0.1, 0.15) is 5.56 Å². The number of ether oxygens (including phenoxy) is 1. The molecule has 3 nitrogen and oxygen atoms in total. The van der Waals surface area contributed by atoms with Gasteiger partial charge in [0.1, 0.15) is 5.75 Å². The lowest BCUT2D eigenvalue weighted by Crippen LogP contribution is -2.16. The summed E-state index contributed by atoms with van der Waals surface area (Å²) in [4.78, 5) is 0. The molecular weight excluding hydrogens is 269 g/mol. The van der Waals surface area contributed by atoms with Crippen molar-refractivity contribution in [3.63, 3.8) is 0 Å². The lowest BCUT2D eigenvalue weighted by molar-refractivity contribution is -0.274. The second kappa shape index (κ2) is 4.96. The molecule has 20 heavy (non-hydrogen) atoms. The smallest absolute Gasteiger partial charge is 0.406 e. The normalized spacial score (nSPS) is 11.4. The van der Waals surface area contributed by atoms with Crippen LogP contribution in [-0.4, -0.2) is 6.36 Å². The molecule has 0 saturated carbocycles. The van der Waals surface area contributed by atoms with Crippen LogP contribution in [0, 0.1) is 6.92 Å². The van der Waals surface area contributed by atoms with E-state index in [-0.39, 0.29) is 5.75 Å². The Morgan fingerprint density at radius 1 is 0.950 bits per heavy atom. The van der Waals surface area contributed by atoms with Crippen LogP contribution in [0.5, 0.6) is 5.75 Å². The lowest BCUT2D eigenvalue weighted by atomic mass is 9.98. The highest BCUT2D eigenvalue weighted by atomic mass is 19.4. The van der Waals surface area contributed by atoms with Gasteiger partial charge in [-0.2, -0.15) is 0 Å². The van der Waals surface area contributed by atoms with E-state index in [9.17, 15) is 13.2 Å². The molecule has 0 fully saturated rings. The van der Waals surface area contributed by atoms with Crippen LogP contribution in [-0.2, 0) is 0 Å². The first kappa shape index (κ1) is 14.0. The van der Waals surface area contributed by atoms with Crippen molar-refractivity contribution in [3.05, 3.63) is 42.0 Å². The maximum Gasteiger partial charge on any atom is 0.573 e. The van der Waals surface area contributed by atoms with Crippen molar-refractivity contribution < 1.29 is 17.9 Å². The van der Waals surface area contributed by atoms with Crippen molar-refractivity contribution in [2.45, 2.75) is 13.3 Å². The van der Waals surface area contributed by atoms with Gasteiger partial charge in [0.05, 0.1) is 11.4 Å². The van der Waals surface area contributed by atoms with Gasteiger partial charge in [0.15, 0.2) is 0 Å². The van der Waals surface area contributed by atoms with Crippen molar-refractivity contribution in [3.8, 4) is 16.9 Å². The fourth-order valence-corrected chi connectivity index (χ4v) is 1.90. The first-order valence-electron chi connectivity index (χ1n) is 5.78. The molecule has 4 N–H and O–H groups in total. The van der Waals surface area contributed by atoms with E-state index < -0.39 is 6.36 Å². The van der Waals surface area contributed by atoms with Gasteiger partial charge < -0.3 is 16.2 Å². The van der Waals surface area contributed by atoms with Crippen LogP contribution in [0.3, 0.4) is 0 Å². The van der Waals surface area contributed by atoms with Crippen molar-refractivity contribution in [2.24, 2.45) is 0 Å². The van der Waals surface area contributed by atoms with Gasteiger partial charge in [-0.25, -0.2) is 0 Å². The zero-order valence-corrected chi connectivity index (χ0v) is 10.7. The summed E-state index contributed by atoms with van der Waals surface area (Å²) in [6.45, 7) is 1.81. The second-order valence-corrected chi connectivity index (χ2v) is 4.31. The maximum absolute atomic E-state index is 12.1. The Labute approximate surface area is 114 Å². The van der Waals surface area contributed by atoms with Gasteiger partial charge in [-0.3, -0.25) is 0 Å². The molecule has 0 aliphatic rings. The Morgan fingerprint density at radius 2 is 1.55 bits per heavy atom. The summed E-state index contributed by atoms with van der Waals surface area (Å²) < 4.78 is 40.0. The Balaban J connectivity index is 2.33. The number of alkyl halides is 3. The molecular formula is C14H13F3N2O. The van der Waals surface area contributed by atoms with E-state index in [1.165, 1.54) is 12.1 Å². The third-order valence-corrected chi connectivity index (χ3v) is 2.95. The monoisotopic (exact) mass is 282 g/mol. The number of nitrogens with two attached hydrogens (primary N) is 2. The maximum atomic E-state index is 12.1. The predicted molar refractivity (Wildman–Crippen MR) is 72.1 cm³/mol. The quantitative estimate of drug-likeness (QED) is 0.825. The van der Waals surface area contributed by atoms with E-state index in [4.69, 9.17) is 11.5 Å². The number of halogens is 3. The van der Waals surface area contributed by atoms with Crippen LogP contribution in [0.15, 0.2) is 36.4 Å². The summed E-state index contributed by atoms with van der Waals surface area (Å²) >= 11 is 0. The van der Waals surface area contributed by atoms with E-state index in [1.807, 2.05) is 0 Å². The SMILES string of the molecule is Cc1c(-c2ccc(OC(F)(F)F)cc2)ccc(N)c1N. The van der Waals surface area contributed by atoms with Crippen LogP contribution in [0.2, 0.25) is 0 Å². The molecule has 0 aliphatic carbocycles. The van der Waals surface area contributed by atoms with E-state index in [0.717, 1.165) is 16.7 Å². The number of rotatable bonds is 2. The van der Waals surface area contributed by atoms with Crippen molar-refractivity contribution >= 4 is 11.4 Å². The molecule has 0 unspecified atom stereocenters. The molecule has 0 aliphatic heterocycles. The second-order valence-electron chi connectivity index (χ2n) is 4.31. The average molecular weight is 282 g/mol. The summed E-state index contributed by atoms with van der Waals surface area (Å²) in [7, 11) is 0. The van der Waals surface area contributed by atoms with Crippen LogP contribution in [0.25, 0.3) is 11.1 Å². The minimum Gasteiger partial charge on any atom is -0.406 e. The van der Waals surface area contributed by atoms with Crippen LogP contribution < -0.4 is 16.2 Å². The van der Waals surface area contributed by atoms with Gasteiger partial charge in [0.2, 0.25) is 0 Å². The molecule has 0 aromatic heterocycles. The number of nitrogen functional groups attached to an aromatic ring is 2. The Kier molecular flexibility index (Phi) is 3.48. The highest BCUT2D eigenvalue weighted by Crippen LogP contribution is 2.32. The van der Waals surface area contributed by atoms with Crippen molar-refractivity contribution in [1.29, 1.82) is 0 Å². The first-order chi connectivity index (χ1) is 9.28. The summed E-state index contributed by atoms with van der Waals surface area (Å²) in [5, 5.41) is 0. The summed E-state index contributed by atoms with van der Waals surface area (Å²) in [5.41, 5.74) is 14.8. The van der Waals surface area contributed by atoms with Crippen LogP contribution >= 0.6 is 0 Å². The molecule has 0 spiro atoms. The number of hydrogen-bond acceptors (Lipinski definition) is 3. The first-order valence-corrected chi connectivity index (χ1v) is 5.78. The minimum absolute atomic E-state index is 0.262. The van der Waals surface area contributed by atoms with Gasteiger partial charge in [-0.15, -0.1) is 13.2 Å². The molecule has 106 valence electrons. The number of anilines is 2. The number of benzene rings is 2. The average Bonchev–Trinajstić information content (AvgIpc) is 2.36. The third-order valence-electron chi connectivity index (χ3n) is 2.95. The largest absolute Gasteiger partial charge is 0.573 e. The fraction of sp³-hybridized carbons (Fsp3) is 0.143. The van der Waals surface area contributed by atoms with Crippen molar-refractivity contribution in [2.75, 3.05) is 11.5 Å². The Hall–Kier alpha value is -2.37. The summed E-state index contributed by atoms with van der Waals surface area (Å²) in [5.74, 6) is -0.262. The Morgan fingerprint density at radius 3 is 2.10 bits per heavy atom. The Bertz CT molecular complexity index is 622. The zero-order chi connectivity index (χ0) is 14.9. The van der Waals surface area contributed by atoms with E-state index in [0.29, 0.717) is 11.4 Å². The molecule has 2 rings (SSSR count). The molecule has 0 atom stereocenters. The van der Waals surface area contributed by atoms with E-state index >= 15 is 0 Å². The summed E-state index contributed by atoms with van der Waals surface area (Å²) in [6.07, 6.45) is -4.69. The molecule has 2 aromatic rings. The standard InChI is InChI=1S/C14H13F3N2O/c1-8-11(6-7-12(18)13(8)19)9-2-4-10(5-3-9)20-14(15,16)17/h2-7H,18-19H2,1H3. The molecule has 0 heterocycles. The highest BCUT2D eigenvalue weighted by molar-refractivity contribution is 5.79. The summed E-state index contributed by atoms with van der Waals surface area (Å²) in [6, 6.07) is 9.04. The lowest BCUT2D eigenvalue weighted by Gasteiger charge is -2.12.